The highest BCUT2D eigenvalue weighted by Crippen LogP contribution is 2.19. The van der Waals surface area contributed by atoms with Gasteiger partial charge in [-0.2, -0.15) is 0 Å². The first kappa shape index (κ1) is 11.3. The fraction of sp³-hybridized carbons (Fsp3) is 0.462. The zero-order valence-corrected chi connectivity index (χ0v) is 9.32. The molecule has 0 spiro atoms. The Bertz CT molecular complexity index is 355. The van der Waals surface area contributed by atoms with Gasteiger partial charge < -0.3 is 10.5 Å². The summed E-state index contributed by atoms with van der Waals surface area (Å²) in [5.41, 5.74) is 6.44. The summed E-state index contributed by atoms with van der Waals surface area (Å²) >= 11 is 0. The maximum atomic E-state index is 11.9. The lowest BCUT2D eigenvalue weighted by molar-refractivity contribution is -0.124. The van der Waals surface area contributed by atoms with Crippen LogP contribution < -0.4 is 5.73 Å². The molecule has 1 aromatic rings. The van der Waals surface area contributed by atoms with Gasteiger partial charge in [-0.05, 0) is 18.4 Å². The van der Waals surface area contributed by atoms with E-state index in [9.17, 15) is 4.79 Å². The molecule has 1 fully saturated rings. The van der Waals surface area contributed by atoms with E-state index in [1.807, 2.05) is 30.3 Å². The maximum Gasteiger partial charge on any atom is 0.155 e. The Morgan fingerprint density at radius 1 is 1.38 bits per heavy atom. The smallest absolute Gasteiger partial charge is 0.155 e. The second-order valence-electron chi connectivity index (χ2n) is 4.37. The molecule has 0 amide bonds. The van der Waals surface area contributed by atoms with Gasteiger partial charge >= 0.3 is 0 Å². The molecular formula is C13H17NO2. The van der Waals surface area contributed by atoms with Gasteiger partial charge in [-0.15, -0.1) is 0 Å². The van der Waals surface area contributed by atoms with Crippen molar-refractivity contribution in [1.29, 1.82) is 0 Å². The van der Waals surface area contributed by atoms with Crippen molar-refractivity contribution in [2.45, 2.75) is 24.8 Å². The Morgan fingerprint density at radius 2 is 2.12 bits per heavy atom. The lowest BCUT2D eigenvalue weighted by Crippen LogP contribution is -2.48. The molecule has 0 aliphatic carbocycles. The summed E-state index contributed by atoms with van der Waals surface area (Å²) in [6.45, 7) is 0.980. The standard InChI is InChI=1S/C13H17NO2/c14-13(8-9-16-10-13)12(15)7-6-11-4-2-1-3-5-11/h1-5H,6-10,14H2. The third-order valence-electron chi connectivity index (χ3n) is 3.09. The normalized spacial score (nSPS) is 24.6. The minimum atomic E-state index is -0.727. The molecule has 2 rings (SSSR count). The van der Waals surface area contributed by atoms with Crippen LogP contribution in [0.3, 0.4) is 0 Å². The number of aryl methyl sites for hydroxylation is 1. The highest BCUT2D eigenvalue weighted by molar-refractivity contribution is 5.88. The molecule has 2 N–H and O–H groups in total. The van der Waals surface area contributed by atoms with Gasteiger partial charge in [-0.25, -0.2) is 0 Å². The van der Waals surface area contributed by atoms with Crippen LogP contribution in [-0.2, 0) is 16.0 Å². The number of Topliss-reactive ketones (excluding diaryl/α,β-unsaturated/α-hetero) is 1. The van der Waals surface area contributed by atoms with Crippen LogP contribution in [0.2, 0.25) is 0 Å². The Morgan fingerprint density at radius 3 is 2.75 bits per heavy atom. The number of hydrogen-bond donors (Lipinski definition) is 1. The SMILES string of the molecule is NC1(C(=O)CCc2ccccc2)CCOC1. The molecule has 1 unspecified atom stereocenters. The first-order valence-electron chi connectivity index (χ1n) is 5.65. The summed E-state index contributed by atoms with van der Waals surface area (Å²) < 4.78 is 5.19. The van der Waals surface area contributed by atoms with Crippen LogP contribution >= 0.6 is 0 Å². The van der Waals surface area contributed by atoms with Gasteiger partial charge in [0.1, 0.15) is 5.54 Å². The van der Waals surface area contributed by atoms with Crippen LogP contribution in [0.4, 0.5) is 0 Å². The summed E-state index contributed by atoms with van der Waals surface area (Å²) in [7, 11) is 0. The van der Waals surface area contributed by atoms with Crippen LogP contribution in [0.1, 0.15) is 18.4 Å². The Balaban J connectivity index is 1.89. The molecule has 1 atom stereocenters. The summed E-state index contributed by atoms with van der Waals surface area (Å²) in [6.07, 6.45) is 1.92. The van der Waals surface area contributed by atoms with Crippen molar-refractivity contribution >= 4 is 5.78 Å². The van der Waals surface area contributed by atoms with E-state index in [4.69, 9.17) is 10.5 Å². The van der Waals surface area contributed by atoms with Gasteiger partial charge in [0, 0.05) is 13.0 Å². The zero-order valence-electron chi connectivity index (χ0n) is 9.32. The van der Waals surface area contributed by atoms with E-state index < -0.39 is 5.54 Å². The molecule has 0 bridgehead atoms. The van der Waals surface area contributed by atoms with E-state index in [2.05, 4.69) is 0 Å². The molecule has 1 saturated heterocycles. The molecule has 1 heterocycles. The summed E-state index contributed by atoms with van der Waals surface area (Å²) in [5, 5.41) is 0. The van der Waals surface area contributed by atoms with Crippen LogP contribution in [-0.4, -0.2) is 24.5 Å². The van der Waals surface area contributed by atoms with Gasteiger partial charge in [0.15, 0.2) is 5.78 Å². The summed E-state index contributed by atoms with van der Waals surface area (Å²) in [5.74, 6) is 0.119. The average Bonchev–Trinajstić information content (AvgIpc) is 2.76. The molecule has 3 nitrogen and oxygen atoms in total. The molecule has 86 valence electrons. The molecule has 1 aromatic carbocycles. The predicted octanol–water partition coefficient (Wildman–Crippen LogP) is 1.31. The fourth-order valence-electron chi connectivity index (χ4n) is 1.95. The van der Waals surface area contributed by atoms with Gasteiger partial charge in [0.25, 0.3) is 0 Å². The number of hydrogen-bond acceptors (Lipinski definition) is 3. The first-order chi connectivity index (χ1) is 7.71. The number of ether oxygens (including phenoxy) is 1. The zero-order chi connectivity index (χ0) is 11.4. The molecule has 1 aliphatic heterocycles. The monoisotopic (exact) mass is 219 g/mol. The Hall–Kier alpha value is -1.19. The highest BCUT2D eigenvalue weighted by atomic mass is 16.5. The van der Waals surface area contributed by atoms with Gasteiger partial charge in [-0.1, -0.05) is 30.3 Å². The van der Waals surface area contributed by atoms with E-state index in [-0.39, 0.29) is 5.78 Å². The Labute approximate surface area is 95.6 Å². The number of carbonyl (C=O) groups is 1. The lowest BCUT2D eigenvalue weighted by Gasteiger charge is -2.19. The van der Waals surface area contributed by atoms with Crippen molar-refractivity contribution < 1.29 is 9.53 Å². The number of benzene rings is 1. The minimum Gasteiger partial charge on any atom is -0.379 e. The molecule has 0 aromatic heterocycles. The second-order valence-corrected chi connectivity index (χ2v) is 4.37. The summed E-state index contributed by atoms with van der Waals surface area (Å²) in [6, 6.07) is 10.00. The van der Waals surface area contributed by atoms with Crippen molar-refractivity contribution in [3.63, 3.8) is 0 Å². The van der Waals surface area contributed by atoms with Crippen molar-refractivity contribution in [3.8, 4) is 0 Å². The fourth-order valence-corrected chi connectivity index (χ4v) is 1.95. The molecular weight excluding hydrogens is 202 g/mol. The highest BCUT2D eigenvalue weighted by Gasteiger charge is 2.37. The topological polar surface area (TPSA) is 52.3 Å². The quantitative estimate of drug-likeness (QED) is 0.830. The molecule has 0 radical (unpaired) electrons. The van der Waals surface area contributed by atoms with Crippen LogP contribution in [0, 0.1) is 0 Å². The van der Waals surface area contributed by atoms with Gasteiger partial charge in [-0.3, -0.25) is 4.79 Å². The molecule has 16 heavy (non-hydrogen) atoms. The number of rotatable bonds is 4. The third kappa shape index (κ3) is 2.49. The third-order valence-corrected chi connectivity index (χ3v) is 3.09. The lowest BCUT2D eigenvalue weighted by atomic mass is 9.90. The van der Waals surface area contributed by atoms with E-state index in [0.29, 0.717) is 26.1 Å². The number of ketones is 1. The number of carbonyl (C=O) groups excluding carboxylic acids is 1. The second kappa shape index (κ2) is 4.76. The minimum absolute atomic E-state index is 0.119. The van der Waals surface area contributed by atoms with Crippen LogP contribution in [0.15, 0.2) is 30.3 Å². The van der Waals surface area contributed by atoms with Crippen LogP contribution in [0.5, 0.6) is 0 Å². The van der Waals surface area contributed by atoms with Crippen molar-refractivity contribution in [2.75, 3.05) is 13.2 Å². The van der Waals surface area contributed by atoms with Crippen molar-refractivity contribution in [1.82, 2.24) is 0 Å². The van der Waals surface area contributed by atoms with E-state index in [1.165, 1.54) is 5.56 Å². The molecule has 1 aliphatic rings. The van der Waals surface area contributed by atoms with E-state index in [0.717, 1.165) is 6.42 Å². The van der Waals surface area contributed by atoms with E-state index in [1.54, 1.807) is 0 Å². The average molecular weight is 219 g/mol. The molecule has 0 saturated carbocycles. The van der Waals surface area contributed by atoms with E-state index >= 15 is 0 Å². The van der Waals surface area contributed by atoms with Crippen LogP contribution in [0.25, 0.3) is 0 Å². The summed E-state index contributed by atoms with van der Waals surface area (Å²) in [4.78, 5) is 11.9. The first-order valence-corrected chi connectivity index (χ1v) is 5.65. The van der Waals surface area contributed by atoms with Gasteiger partial charge in [0.05, 0.1) is 6.61 Å². The van der Waals surface area contributed by atoms with Crippen molar-refractivity contribution in [2.24, 2.45) is 5.73 Å². The molecule has 3 heteroatoms. The van der Waals surface area contributed by atoms with Gasteiger partial charge in [0.2, 0.25) is 0 Å². The largest absolute Gasteiger partial charge is 0.379 e. The predicted molar refractivity (Wildman–Crippen MR) is 62.1 cm³/mol. The Kier molecular flexibility index (Phi) is 3.36. The van der Waals surface area contributed by atoms with Crippen molar-refractivity contribution in [3.05, 3.63) is 35.9 Å². The maximum absolute atomic E-state index is 11.9. The number of nitrogens with two attached hydrogens (primary N) is 1.